The molecular weight excluding hydrogens is 296 g/mol. The fraction of sp³-hybridized carbons (Fsp3) is 0. The van der Waals surface area contributed by atoms with Gasteiger partial charge in [0.1, 0.15) is 11.3 Å². The van der Waals surface area contributed by atoms with Crippen molar-refractivity contribution < 1.29 is 14.6 Å². The Hall–Kier alpha value is -3.48. The summed E-state index contributed by atoms with van der Waals surface area (Å²) in [7, 11) is 0. The second-order valence-electron chi connectivity index (χ2n) is 4.63. The van der Waals surface area contributed by atoms with Gasteiger partial charge in [0.05, 0.1) is 0 Å². The van der Waals surface area contributed by atoms with Crippen LogP contribution in [-0.4, -0.2) is 26.0 Å². The van der Waals surface area contributed by atoms with Crippen molar-refractivity contribution in [3.05, 3.63) is 60.6 Å². The summed E-state index contributed by atoms with van der Waals surface area (Å²) >= 11 is 0. The molecule has 7 nitrogen and oxygen atoms in total. The number of carbonyl (C=O) groups is 1. The molecule has 0 atom stereocenters. The molecule has 0 spiro atoms. The molecule has 0 saturated carbocycles. The highest BCUT2D eigenvalue weighted by atomic mass is 16.5. The summed E-state index contributed by atoms with van der Waals surface area (Å²) in [5.41, 5.74) is 6.72. The quantitative estimate of drug-likeness (QED) is 0.712. The van der Waals surface area contributed by atoms with Crippen molar-refractivity contribution in [1.29, 1.82) is 0 Å². The third kappa shape index (κ3) is 3.24. The number of hydrogen-bond acceptors (Lipinski definition) is 6. The fourth-order valence-electron chi connectivity index (χ4n) is 1.87. The van der Waals surface area contributed by atoms with Gasteiger partial charge in [0.25, 0.3) is 0 Å². The average molecular weight is 308 g/mol. The van der Waals surface area contributed by atoms with E-state index < -0.39 is 5.97 Å². The lowest BCUT2D eigenvalue weighted by atomic mass is 10.2. The van der Waals surface area contributed by atoms with Crippen LogP contribution in [0.4, 0.5) is 5.69 Å². The number of aromatic carboxylic acids is 1. The molecule has 2 heterocycles. The monoisotopic (exact) mass is 308 g/mol. The second-order valence-corrected chi connectivity index (χ2v) is 4.63. The molecule has 3 N–H and O–H groups in total. The second kappa shape index (κ2) is 6.10. The molecule has 0 radical (unpaired) electrons. The van der Waals surface area contributed by atoms with Gasteiger partial charge in [0.2, 0.25) is 5.88 Å². The predicted octanol–water partition coefficient (Wildman–Crippen LogP) is 2.61. The SMILES string of the molecule is Nc1ccc(Oc2nc(-c3cccnc3)ncc2C(=O)O)cc1. The van der Waals surface area contributed by atoms with E-state index in [1.165, 1.54) is 6.20 Å². The molecule has 0 bridgehead atoms. The number of nitrogens with zero attached hydrogens (tertiary/aromatic N) is 3. The number of anilines is 1. The zero-order chi connectivity index (χ0) is 16.2. The molecule has 1 aromatic carbocycles. The van der Waals surface area contributed by atoms with Crippen LogP contribution >= 0.6 is 0 Å². The maximum Gasteiger partial charge on any atom is 0.342 e. The first kappa shape index (κ1) is 14.5. The third-order valence-corrected chi connectivity index (χ3v) is 3.00. The lowest BCUT2D eigenvalue weighted by Crippen LogP contribution is -2.05. The van der Waals surface area contributed by atoms with Crippen molar-refractivity contribution in [2.45, 2.75) is 0 Å². The molecule has 0 saturated heterocycles. The van der Waals surface area contributed by atoms with Crippen LogP contribution in [-0.2, 0) is 0 Å². The highest BCUT2D eigenvalue weighted by molar-refractivity contribution is 5.90. The van der Waals surface area contributed by atoms with E-state index in [2.05, 4.69) is 15.0 Å². The summed E-state index contributed by atoms with van der Waals surface area (Å²) in [6, 6.07) is 10.1. The van der Waals surface area contributed by atoms with Gasteiger partial charge in [-0.3, -0.25) is 4.98 Å². The normalized spacial score (nSPS) is 10.3. The summed E-state index contributed by atoms with van der Waals surface area (Å²) in [5.74, 6) is -0.463. The number of pyridine rings is 1. The smallest absolute Gasteiger partial charge is 0.342 e. The van der Waals surface area contributed by atoms with Crippen molar-refractivity contribution in [3.63, 3.8) is 0 Å². The van der Waals surface area contributed by atoms with Crippen molar-refractivity contribution in [2.75, 3.05) is 5.73 Å². The van der Waals surface area contributed by atoms with Crippen LogP contribution in [0, 0.1) is 0 Å². The van der Waals surface area contributed by atoms with E-state index in [0.717, 1.165) is 0 Å². The van der Waals surface area contributed by atoms with E-state index in [4.69, 9.17) is 10.5 Å². The van der Waals surface area contributed by atoms with Crippen molar-refractivity contribution >= 4 is 11.7 Å². The zero-order valence-electron chi connectivity index (χ0n) is 11.9. The molecule has 0 aliphatic heterocycles. The Morgan fingerprint density at radius 3 is 2.57 bits per heavy atom. The standard InChI is InChI=1S/C16H12N4O3/c17-11-3-5-12(6-4-11)23-15-13(16(21)22)9-19-14(20-15)10-2-1-7-18-8-10/h1-9H,17H2,(H,21,22). The Labute approximate surface area is 131 Å². The largest absolute Gasteiger partial charge is 0.477 e. The van der Waals surface area contributed by atoms with E-state index in [1.54, 1.807) is 48.8 Å². The molecule has 0 aliphatic rings. The van der Waals surface area contributed by atoms with Crippen LogP contribution < -0.4 is 10.5 Å². The summed E-state index contributed by atoms with van der Waals surface area (Å²) in [5, 5.41) is 9.26. The summed E-state index contributed by atoms with van der Waals surface area (Å²) in [6.45, 7) is 0. The highest BCUT2D eigenvalue weighted by Crippen LogP contribution is 2.26. The van der Waals surface area contributed by atoms with Crippen LogP contribution in [0.1, 0.15) is 10.4 Å². The summed E-state index contributed by atoms with van der Waals surface area (Å²) in [6.07, 6.45) is 4.42. The Kier molecular flexibility index (Phi) is 3.84. The van der Waals surface area contributed by atoms with E-state index in [0.29, 0.717) is 22.8 Å². The Bertz CT molecular complexity index is 836. The Morgan fingerprint density at radius 1 is 1.13 bits per heavy atom. The van der Waals surface area contributed by atoms with Crippen LogP contribution in [0.5, 0.6) is 11.6 Å². The number of nitrogens with two attached hydrogens (primary N) is 1. The van der Waals surface area contributed by atoms with Crippen LogP contribution in [0.25, 0.3) is 11.4 Å². The van der Waals surface area contributed by atoms with Gasteiger partial charge in [-0.15, -0.1) is 0 Å². The number of carboxylic acids is 1. The lowest BCUT2D eigenvalue weighted by Gasteiger charge is -2.09. The minimum atomic E-state index is -1.17. The number of carboxylic acid groups (broad SMARTS) is 1. The number of hydrogen-bond donors (Lipinski definition) is 2. The van der Waals surface area contributed by atoms with Crippen LogP contribution in [0.15, 0.2) is 55.0 Å². The minimum absolute atomic E-state index is 0.0453. The zero-order valence-corrected chi connectivity index (χ0v) is 11.9. The highest BCUT2D eigenvalue weighted by Gasteiger charge is 2.16. The predicted molar refractivity (Wildman–Crippen MR) is 83.2 cm³/mol. The molecule has 23 heavy (non-hydrogen) atoms. The van der Waals surface area contributed by atoms with E-state index >= 15 is 0 Å². The first-order valence-corrected chi connectivity index (χ1v) is 6.67. The van der Waals surface area contributed by atoms with Crippen molar-refractivity contribution in [1.82, 2.24) is 15.0 Å². The molecule has 0 aliphatic carbocycles. The van der Waals surface area contributed by atoms with Gasteiger partial charge in [0.15, 0.2) is 5.82 Å². The molecule has 3 rings (SSSR count). The van der Waals surface area contributed by atoms with Gasteiger partial charge in [-0.05, 0) is 36.4 Å². The topological polar surface area (TPSA) is 111 Å². The summed E-state index contributed by atoms with van der Waals surface area (Å²) < 4.78 is 5.58. The van der Waals surface area contributed by atoms with Gasteiger partial charge in [-0.2, -0.15) is 4.98 Å². The number of aromatic nitrogens is 3. The first-order chi connectivity index (χ1) is 11.1. The molecule has 114 valence electrons. The molecule has 0 unspecified atom stereocenters. The molecule has 2 aromatic heterocycles. The lowest BCUT2D eigenvalue weighted by molar-refractivity contribution is 0.0693. The molecule has 0 fully saturated rings. The van der Waals surface area contributed by atoms with E-state index in [-0.39, 0.29) is 11.4 Å². The van der Waals surface area contributed by atoms with Gasteiger partial charge in [-0.1, -0.05) is 0 Å². The minimum Gasteiger partial charge on any atom is -0.477 e. The number of rotatable bonds is 4. The number of ether oxygens (including phenoxy) is 1. The number of nitrogen functional groups attached to an aromatic ring is 1. The van der Waals surface area contributed by atoms with Crippen LogP contribution in [0.3, 0.4) is 0 Å². The van der Waals surface area contributed by atoms with E-state index in [1.807, 2.05) is 0 Å². The third-order valence-electron chi connectivity index (χ3n) is 3.00. The van der Waals surface area contributed by atoms with Gasteiger partial charge >= 0.3 is 5.97 Å². The fourth-order valence-corrected chi connectivity index (χ4v) is 1.87. The maximum absolute atomic E-state index is 11.3. The van der Waals surface area contributed by atoms with Crippen molar-refractivity contribution in [2.24, 2.45) is 0 Å². The maximum atomic E-state index is 11.3. The van der Waals surface area contributed by atoms with Gasteiger partial charge < -0.3 is 15.6 Å². The Balaban J connectivity index is 2.01. The average Bonchev–Trinajstić information content (AvgIpc) is 2.57. The Morgan fingerprint density at radius 2 is 1.91 bits per heavy atom. The number of benzene rings is 1. The van der Waals surface area contributed by atoms with Crippen molar-refractivity contribution in [3.8, 4) is 23.0 Å². The molecule has 3 aromatic rings. The van der Waals surface area contributed by atoms with Crippen LogP contribution in [0.2, 0.25) is 0 Å². The van der Waals surface area contributed by atoms with Gasteiger partial charge in [-0.25, -0.2) is 9.78 Å². The molecule has 0 amide bonds. The molecule has 7 heteroatoms. The molecular formula is C16H12N4O3. The summed E-state index contributed by atoms with van der Waals surface area (Å²) in [4.78, 5) is 23.6. The first-order valence-electron chi connectivity index (χ1n) is 6.67. The van der Waals surface area contributed by atoms with Gasteiger partial charge in [0, 0.05) is 29.8 Å². The van der Waals surface area contributed by atoms with E-state index in [9.17, 15) is 9.90 Å².